The third-order valence-corrected chi connectivity index (χ3v) is 9.40. The molecule has 1 aliphatic rings. The third-order valence-electron chi connectivity index (χ3n) is 6.61. The molecule has 41 heavy (non-hydrogen) atoms. The van der Waals surface area contributed by atoms with Crippen LogP contribution in [0.1, 0.15) is 38.2 Å². The first kappa shape index (κ1) is 28.5. The molecule has 2 aromatic carbocycles. The van der Waals surface area contributed by atoms with Gasteiger partial charge < -0.3 is 19.9 Å². The highest BCUT2D eigenvalue weighted by Gasteiger charge is 2.32. The standard InChI is InChI=1S/C28H28N4O7S2/c1-3-19-7-4-5-8-21(19)32-27(18(2)25(30-32)28(34)35)39-22-11-10-20(29-26(33)23-9-6-16-40-23)17-24(22)41(36,37)31-12-14-38-15-13-31/h4-11,16-17H,3,12-15H2,1-2H3,(H,29,33)(H,34,35). The molecule has 5 rings (SSSR count). The SMILES string of the molecule is CCc1ccccc1-n1nc(C(=O)O)c(C)c1Oc1ccc(NC(=O)c2cccs2)cc1S(=O)(=O)N1CCOCC1. The Morgan fingerprint density at radius 2 is 1.88 bits per heavy atom. The fourth-order valence-electron chi connectivity index (χ4n) is 4.49. The van der Waals surface area contributed by atoms with E-state index in [1.54, 1.807) is 36.6 Å². The number of benzene rings is 2. The van der Waals surface area contributed by atoms with E-state index in [-0.39, 0.29) is 65.7 Å². The Morgan fingerprint density at radius 1 is 1.12 bits per heavy atom. The number of hydrogen-bond donors (Lipinski definition) is 2. The van der Waals surface area contributed by atoms with Crippen LogP contribution in [0.3, 0.4) is 0 Å². The predicted molar refractivity (Wildman–Crippen MR) is 153 cm³/mol. The lowest BCUT2D eigenvalue weighted by atomic mass is 10.1. The molecule has 1 fully saturated rings. The summed E-state index contributed by atoms with van der Waals surface area (Å²) in [7, 11) is -4.10. The second-order valence-corrected chi connectivity index (χ2v) is 12.0. The molecule has 1 amide bonds. The molecule has 1 saturated heterocycles. The average Bonchev–Trinajstić information content (AvgIpc) is 3.63. The molecule has 0 atom stereocenters. The second kappa shape index (κ2) is 11.8. The number of carboxylic acids is 1. The molecule has 0 unspecified atom stereocenters. The van der Waals surface area contributed by atoms with Crippen molar-refractivity contribution in [2.45, 2.75) is 25.2 Å². The van der Waals surface area contributed by atoms with Gasteiger partial charge in [-0.15, -0.1) is 11.3 Å². The number of rotatable bonds is 9. The smallest absolute Gasteiger partial charge is 0.356 e. The van der Waals surface area contributed by atoms with Gasteiger partial charge in [0.15, 0.2) is 5.69 Å². The van der Waals surface area contributed by atoms with Crippen molar-refractivity contribution >= 4 is 38.9 Å². The van der Waals surface area contributed by atoms with Gasteiger partial charge >= 0.3 is 5.97 Å². The van der Waals surface area contributed by atoms with E-state index in [9.17, 15) is 23.1 Å². The van der Waals surface area contributed by atoms with Gasteiger partial charge in [0, 0.05) is 24.3 Å². The summed E-state index contributed by atoms with van der Waals surface area (Å²) in [6, 6.07) is 15.1. The molecule has 2 N–H and O–H groups in total. The molecule has 0 bridgehead atoms. The number of morpholine rings is 1. The number of para-hydroxylation sites is 1. The summed E-state index contributed by atoms with van der Waals surface area (Å²) in [5, 5.41) is 18.6. The van der Waals surface area contributed by atoms with Crippen molar-refractivity contribution < 1.29 is 32.6 Å². The summed E-state index contributed by atoms with van der Waals surface area (Å²) in [6.45, 7) is 4.31. The Labute approximate surface area is 241 Å². The van der Waals surface area contributed by atoms with E-state index in [4.69, 9.17) is 9.47 Å². The molecule has 3 heterocycles. The first-order valence-corrected chi connectivity index (χ1v) is 15.2. The summed E-state index contributed by atoms with van der Waals surface area (Å²) in [5.41, 5.74) is 1.77. The summed E-state index contributed by atoms with van der Waals surface area (Å²) >= 11 is 1.26. The van der Waals surface area contributed by atoms with E-state index in [1.807, 2.05) is 19.1 Å². The monoisotopic (exact) mass is 596 g/mol. The number of sulfonamides is 1. The van der Waals surface area contributed by atoms with Crippen LogP contribution < -0.4 is 10.1 Å². The first-order valence-electron chi connectivity index (χ1n) is 12.9. The molecule has 2 aromatic heterocycles. The zero-order chi connectivity index (χ0) is 29.1. The topological polar surface area (TPSA) is 140 Å². The Morgan fingerprint density at radius 3 is 2.56 bits per heavy atom. The highest BCUT2D eigenvalue weighted by Crippen LogP contribution is 2.37. The van der Waals surface area contributed by atoms with Gasteiger partial charge in [-0.2, -0.15) is 14.1 Å². The molecule has 0 radical (unpaired) electrons. The zero-order valence-corrected chi connectivity index (χ0v) is 24.0. The van der Waals surface area contributed by atoms with Gasteiger partial charge in [-0.1, -0.05) is 31.2 Å². The summed E-state index contributed by atoms with van der Waals surface area (Å²) in [5.74, 6) is -1.59. The predicted octanol–water partition coefficient (Wildman–Crippen LogP) is 4.57. The summed E-state index contributed by atoms with van der Waals surface area (Å²) in [4.78, 5) is 25.0. The number of carboxylic acid groups (broad SMARTS) is 1. The van der Waals surface area contributed by atoms with Gasteiger partial charge in [-0.3, -0.25) is 4.79 Å². The van der Waals surface area contributed by atoms with Crippen LogP contribution >= 0.6 is 11.3 Å². The van der Waals surface area contributed by atoms with Gasteiger partial charge in [-0.05, 0) is 54.6 Å². The molecular weight excluding hydrogens is 568 g/mol. The van der Waals surface area contributed by atoms with E-state index in [1.165, 1.54) is 38.5 Å². The minimum Gasteiger partial charge on any atom is -0.476 e. The average molecular weight is 597 g/mol. The third kappa shape index (κ3) is 5.75. The maximum atomic E-state index is 13.9. The number of anilines is 1. The molecular formula is C28H28N4O7S2. The minimum absolute atomic E-state index is 0.0409. The van der Waals surface area contributed by atoms with Gasteiger partial charge in [-0.25, -0.2) is 13.2 Å². The van der Waals surface area contributed by atoms with Crippen molar-refractivity contribution in [1.82, 2.24) is 14.1 Å². The van der Waals surface area contributed by atoms with Crippen molar-refractivity contribution in [2.24, 2.45) is 0 Å². The largest absolute Gasteiger partial charge is 0.476 e. The zero-order valence-electron chi connectivity index (χ0n) is 22.4. The highest BCUT2D eigenvalue weighted by molar-refractivity contribution is 7.89. The Bertz CT molecular complexity index is 1690. The molecule has 0 aliphatic carbocycles. The number of thiophene rings is 1. The highest BCUT2D eigenvalue weighted by atomic mass is 32.2. The maximum Gasteiger partial charge on any atom is 0.356 e. The van der Waals surface area contributed by atoms with E-state index in [0.717, 1.165) is 5.56 Å². The van der Waals surface area contributed by atoms with Crippen molar-refractivity contribution in [1.29, 1.82) is 0 Å². The second-order valence-electron chi connectivity index (χ2n) is 9.19. The van der Waals surface area contributed by atoms with Crippen molar-refractivity contribution in [3.05, 3.63) is 81.7 Å². The normalized spacial score (nSPS) is 14.1. The molecule has 13 heteroatoms. The number of amides is 1. The van der Waals surface area contributed by atoms with Crippen molar-refractivity contribution in [3.8, 4) is 17.3 Å². The Kier molecular flexibility index (Phi) is 8.22. The lowest BCUT2D eigenvalue weighted by Crippen LogP contribution is -2.40. The van der Waals surface area contributed by atoms with Crippen LogP contribution in [0.15, 0.2) is 64.9 Å². The number of aromatic nitrogens is 2. The number of carbonyl (C=O) groups excluding carboxylic acids is 1. The number of aryl methyl sites for hydroxylation is 1. The summed E-state index contributed by atoms with van der Waals surface area (Å²) < 4.78 is 42.0. The number of nitrogens with zero attached hydrogens (tertiary/aromatic N) is 3. The van der Waals surface area contributed by atoms with Crippen LogP contribution in [0.4, 0.5) is 5.69 Å². The summed E-state index contributed by atoms with van der Waals surface area (Å²) in [6.07, 6.45) is 0.645. The van der Waals surface area contributed by atoms with Crippen LogP contribution in [-0.2, 0) is 21.2 Å². The lowest BCUT2D eigenvalue weighted by Gasteiger charge is -2.27. The fourth-order valence-corrected chi connectivity index (χ4v) is 6.65. The minimum atomic E-state index is -4.10. The maximum absolute atomic E-state index is 13.9. The Hall–Kier alpha value is -4.04. The molecule has 0 saturated carbocycles. The van der Waals surface area contributed by atoms with Gasteiger partial charge in [0.2, 0.25) is 15.9 Å². The Balaban J connectivity index is 1.62. The number of hydrogen-bond acceptors (Lipinski definition) is 8. The van der Waals surface area contributed by atoms with Gasteiger partial charge in [0.1, 0.15) is 10.6 Å². The van der Waals surface area contributed by atoms with Crippen LogP contribution in [0, 0.1) is 6.92 Å². The quantitative estimate of drug-likeness (QED) is 0.286. The number of aromatic carboxylic acids is 1. The van der Waals surface area contributed by atoms with Gasteiger partial charge in [0.25, 0.3) is 5.91 Å². The fraction of sp³-hybridized carbons (Fsp3) is 0.250. The van der Waals surface area contributed by atoms with E-state index in [0.29, 0.717) is 17.0 Å². The molecule has 214 valence electrons. The van der Waals surface area contributed by atoms with Crippen LogP contribution in [-0.4, -0.2) is 65.8 Å². The van der Waals surface area contributed by atoms with Crippen molar-refractivity contribution in [3.63, 3.8) is 0 Å². The van der Waals surface area contributed by atoms with Crippen LogP contribution in [0.25, 0.3) is 5.69 Å². The van der Waals surface area contributed by atoms with Crippen LogP contribution in [0.5, 0.6) is 11.6 Å². The molecule has 0 spiro atoms. The molecule has 11 nitrogen and oxygen atoms in total. The van der Waals surface area contributed by atoms with Gasteiger partial charge in [0.05, 0.1) is 23.8 Å². The lowest BCUT2D eigenvalue weighted by molar-refractivity contribution is 0.0689. The van der Waals surface area contributed by atoms with E-state index < -0.39 is 16.0 Å². The van der Waals surface area contributed by atoms with Crippen molar-refractivity contribution in [2.75, 3.05) is 31.6 Å². The van der Waals surface area contributed by atoms with Crippen LogP contribution in [0.2, 0.25) is 0 Å². The molecule has 1 aliphatic heterocycles. The molecule has 4 aromatic rings. The number of nitrogens with one attached hydrogen (secondary N) is 1. The number of carbonyl (C=O) groups is 2. The first-order chi connectivity index (χ1) is 19.7. The van der Waals surface area contributed by atoms with E-state index in [2.05, 4.69) is 10.4 Å². The number of ether oxygens (including phenoxy) is 2. The van der Waals surface area contributed by atoms with E-state index >= 15 is 0 Å².